The van der Waals surface area contributed by atoms with Gasteiger partial charge in [0.15, 0.2) is 5.82 Å². The Labute approximate surface area is 179 Å². The first-order chi connectivity index (χ1) is 15.0. The number of pyridine rings is 1. The highest BCUT2D eigenvalue weighted by Gasteiger charge is 2.17. The van der Waals surface area contributed by atoms with Crippen molar-refractivity contribution in [2.45, 2.75) is 6.92 Å². The summed E-state index contributed by atoms with van der Waals surface area (Å²) in [4.78, 5) is 29.6. The summed E-state index contributed by atoms with van der Waals surface area (Å²) in [5.41, 5.74) is 3.51. The summed E-state index contributed by atoms with van der Waals surface area (Å²) in [5, 5.41) is 13.7. The largest absolute Gasteiger partial charge is 0.322 e. The average Bonchev–Trinajstić information content (AvgIpc) is 3.21. The lowest BCUT2D eigenvalue weighted by atomic mass is 10.1. The van der Waals surface area contributed by atoms with E-state index in [0.717, 1.165) is 11.1 Å². The van der Waals surface area contributed by atoms with E-state index in [1.807, 2.05) is 38.2 Å². The normalized spacial score (nSPS) is 10.5. The van der Waals surface area contributed by atoms with Gasteiger partial charge in [0.1, 0.15) is 6.33 Å². The van der Waals surface area contributed by atoms with Crippen LogP contribution in [0.4, 0.5) is 11.4 Å². The van der Waals surface area contributed by atoms with E-state index in [2.05, 4.69) is 25.8 Å². The van der Waals surface area contributed by atoms with Crippen LogP contribution < -0.4 is 10.6 Å². The highest BCUT2D eigenvalue weighted by molar-refractivity contribution is 6.13. The molecule has 2 aromatic carbocycles. The lowest BCUT2D eigenvalue weighted by molar-refractivity contribution is 0.102. The SMILES string of the molecule is Cc1cccc(C(=O)Nc2cccc(-c3nncn3C)c2)c1NC(=O)c1ccncc1. The minimum atomic E-state index is -0.330. The van der Waals surface area contributed by atoms with Crippen molar-refractivity contribution in [3.05, 3.63) is 90.0 Å². The molecule has 0 bridgehead atoms. The third-order valence-corrected chi connectivity index (χ3v) is 4.79. The van der Waals surface area contributed by atoms with Gasteiger partial charge < -0.3 is 15.2 Å². The molecule has 8 nitrogen and oxygen atoms in total. The van der Waals surface area contributed by atoms with Crippen LogP contribution in [0.15, 0.2) is 73.3 Å². The standard InChI is InChI=1S/C23H20N6O2/c1-15-5-3-8-19(20(15)27-22(30)16-9-11-24-12-10-16)23(31)26-18-7-4-6-17(13-18)21-28-25-14-29(21)2/h3-14H,1-2H3,(H,26,31)(H,27,30). The molecule has 154 valence electrons. The first-order valence-electron chi connectivity index (χ1n) is 9.59. The van der Waals surface area contributed by atoms with Crippen molar-refractivity contribution >= 4 is 23.2 Å². The van der Waals surface area contributed by atoms with Crippen LogP contribution in [-0.4, -0.2) is 31.6 Å². The van der Waals surface area contributed by atoms with Crippen molar-refractivity contribution in [2.75, 3.05) is 10.6 Å². The Morgan fingerprint density at radius 1 is 0.935 bits per heavy atom. The summed E-state index contributed by atoms with van der Waals surface area (Å²) in [6, 6.07) is 15.9. The lowest BCUT2D eigenvalue weighted by Crippen LogP contribution is -2.19. The molecule has 0 fully saturated rings. The van der Waals surface area contributed by atoms with Crippen LogP contribution in [0, 0.1) is 6.92 Å². The van der Waals surface area contributed by atoms with Crippen molar-refractivity contribution in [2.24, 2.45) is 7.05 Å². The molecule has 0 saturated heterocycles. The van der Waals surface area contributed by atoms with E-state index < -0.39 is 0 Å². The van der Waals surface area contributed by atoms with Gasteiger partial charge in [0, 0.05) is 36.3 Å². The number of hydrogen-bond donors (Lipinski definition) is 2. The molecule has 4 aromatic rings. The van der Waals surface area contributed by atoms with E-state index in [4.69, 9.17) is 0 Å². The second kappa shape index (κ2) is 8.58. The minimum absolute atomic E-state index is 0.310. The van der Waals surface area contributed by atoms with Gasteiger partial charge in [-0.25, -0.2) is 0 Å². The molecule has 2 heterocycles. The van der Waals surface area contributed by atoms with E-state index in [0.29, 0.717) is 28.3 Å². The molecule has 2 N–H and O–H groups in total. The molecule has 8 heteroatoms. The fourth-order valence-corrected chi connectivity index (χ4v) is 3.19. The zero-order valence-corrected chi connectivity index (χ0v) is 17.0. The van der Waals surface area contributed by atoms with E-state index in [1.54, 1.807) is 53.6 Å². The smallest absolute Gasteiger partial charge is 0.257 e. The number of carbonyl (C=O) groups excluding carboxylic acids is 2. The molecule has 0 aliphatic rings. The van der Waals surface area contributed by atoms with Gasteiger partial charge in [-0.2, -0.15) is 0 Å². The number of carbonyl (C=O) groups is 2. The first kappa shape index (κ1) is 20.0. The van der Waals surface area contributed by atoms with Gasteiger partial charge in [-0.15, -0.1) is 10.2 Å². The van der Waals surface area contributed by atoms with Crippen molar-refractivity contribution < 1.29 is 9.59 Å². The highest BCUT2D eigenvalue weighted by atomic mass is 16.2. The molecule has 0 saturated carbocycles. The number of amides is 2. The number of para-hydroxylation sites is 1. The summed E-state index contributed by atoms with van der Waals surface area (Å²) in [6.07, 6.45) is 4.71. The number of benzene rings is 2. The summed E-state index contributed by atoms with van der Waals surface area (Å²) in [7, 11) is 1.85. The maximum atomic E-state index is 13.1. The van der Waals surface area contributed by atoms with E-state index in [1.165, 1.54) is 0 Å². The van der Waals surface area contributed by atoms with Gasteiger partial charge in [0.05, 0.1) is 11.3 Å². The van der Waals surface area contributed by atoms with Crippen LogP contribution in [-0.2, 0) is 7.05 Å². The van der Waals surface area contributed by atoms with Gasteiger partial charge in [-0.1, -0.05) is 24.3 Å². The molecule has 0 unspecified atom stereocenters. The number of aryl methyl sites for hydroxylation is 2. The number of rotatable bonds is 5. The number of hydrogen-bond acceptors (Lipinski definition) is 5. The zero-order chi connectivity index (χ0) is 21.8. The minimum Gasteiger partial charge on any atom is -0.322 e. The average molecular weight is 412 g/mol. The first-order valence-corrected chi connectivity index (χ1v) is 9.59. The van der Waals surface area contributed by atoms with Crippen molar-refractivity contribution in [1.82, 2.24) is 19.7 Å². The molecule has 0 atom stereocenters. The van der Waals surface area contributed by atoms with Gasteiger partial charge >= 0.3 is 0 Å². The Balaban J connectivity index is 1.59. The third kappa shape index (κ3) is 4.32. The number of aromatic nitrogens is 4. The highest BCUT2D eigenvalue weighted by Crippen LogP contribution is 2.24. The lowest BCUT2D eigenvalue weighted by Gasteiger charge is -2.14. The van der Waals surface area contributed by atoms with Crippen molar-refractivity contribution in [3.63, 3.8) is 0 Å². The van der Waals surface area contributed by atoms with Crippen molar-refractivity contribution in [1.29, 1.82) is 0 Å². The summed E-state index contributed by atoms with van der Waals surface area (Å²) < 4.78 is 1.80. The second-order valence-electron chi connectivity index (χ2n) is 6.99. The van der Waals surface area contributed by atoms with Gasteiger partial charge in [0.25, 0.3) is 11.8 Å². The number of anilines is 2. The fourth-order valence-electron chi connectivity index (χ4n) is 3.19. The van der Waals surface area contributed by atoms with E-state index in [-0.39, 0.29) is 11.8 Å². The van der Waals surface area contributed by atoms with Crippen LogP contribution in [0.25, 0.3) is 11.4 Å². The zero-order valence-electron chi connectivity index (χ0n) is 17.0. The Kier molecular flexibility index (Phi) is 5.53. The third-order valence-electron chi connectivity index (χ3n) is 4.79. The van der Waals surface area contributed by atoms with Gasteiger partial charge in [0.2, 0.25) is 0 Å². The molecule has 0 aliphatic heterocycles. The molecular formula is C23H20N6O2. The van der Waals surface area contributed by atoms with Crippen LogP contribution >= 0.6 is 0 Å². The fraction of sp³-hybridized carbons (Fsp3) is 0.0870. The molecule has 0 spiro atoms. The molecular weight excluding hydrogens is 392 g/mol. The summed E-state index contributed by atoms with van der Waals surface area (Å²) in [5.74, 6) is 0.0517. The molecule has 2 aromatic heterocycles. The molecule has 4 rings (SSSR count). The summed E-state index contributed by atoms with van der Waals surface area (Å²) >= 11 is 0. The predicted molar refractivity (Wildman–Crippen MR) is 118 cm³/mol. The maximum Gasteiger partial charge on any atom is 0.257 e. The van der Waals surface area contributed by atoms with Gasteiger partial charge in [-0.05, 0) is 42.8 Å². The van der Waals surface area contributed by atoms with E-state index in [9.17, 15) is 9.59 Å². The number of nitrogens with zero attached hydrogens (tertiary/aromatic N) is 4. The monoisotopic (exact) mass is 412 g/mol. The second-order valence-corrected chi connectivity index (χ2v) is 6.99. The Morgan fingerprint density at radius 2 is 1.71 bits per heavy atom. The van der Waals surface area contributed by atoms with Gasteiger partial charge in [-0.3, -0.25) is 14.6 Å². The summed E-state index contributed by atoms with van der Waals surface area (Å²) in [6.45, 7) is 1.84. The van der Waals surface area contributed by atoms with E-state index >= 15 is 0 Å². The maximum absolute atomic E-state index is 13.1. The topological polar surface area (TPSA) is 102 Å². The molecule has 2 amide bonds. The molecule has 31 heavy (non-hydrogen) atoms. The molecule has 0 radical (unpaired) electrons. The Morgan fingerprint density at radius 3 is 2.45 bits per heavy atom. The number of nitrogens with one attached hydrogen (secondary N) is 2. The molecule has 0 aliphatic carbocycles. The van der Waals surface area contributed by atoms with Crippen LogP contribution in [0.2, 0.25) is 0 Å². The Hall–Kier alpha value is -4.33. The Bertz CT molecular complexity index is 1250. The van der Waals surface area contributed by atoms with Crippen LogP contribution in [0.1, 0.15) is 26.3 Å². The predicted octanol–water partition coefficient (Wildman–Crippen LogP) is 3.69. The quantitative estimate of drug-likeness (QED) is 0.521. The van der Waals surface area contributed by atoms with Crippen LogP contribution in [0.5, 0.6) is 0 Å². The van der Waals surface area contributed by atoms with Crippen molar-refractivity contribution in [3.8, 4) is 11.4 Å². The van der Waals surface area contributed by atoms with Crippen LogP contribution in [0.3, 0.4) is 0 Å².